The number of fused-ring (bicyclic) bond motifs is 1. The third-order valence-electron chi connectivity index (χ3n) is 7.33. The van der Waals surface area contributed by atoms with Gasteiger partial charge in [-0.3, -0.25) is 14.1 Å². The van der Waals surface area contributed by atoms with Crippen LogP contribution in [-0.4, -0.2) is 37.5 Å². The van der Waals surface area contributed by atoms with E-state index in [1.807, 2.05) is 31.2 Å². The zero-order valence-corrected chi connectivity index (χ0v) is 20.7. The first kappa shape index (κ1) is 24.3. The van der Waals surface area contributed by atoms with E-state index >= 15 is 0 Å². The van der Waals surface area contributed by atoms with Crippen LogP contribution >= 0.6 is 0 Å². The lowest BCUT2D eigenvalue weighted by Crippen LogP contribution is -2.40. The minimum atomic E-state index is -0.260. The number of aldehydes is 1. The number of hydrogen-bond donors (Lipinski definition) is 0. The maximum atomic E-state index is 14.6. The van der Waals surface area contributed by atoms with E-state index in [9.17, 15) is 13.6 Å². The largest absolute Gasteiger partial charge is 0.298 e. The molecule has 184 valence electrons. The van der Waals surface area contributed by atoms with Gasteiger partial charge in [0.25, 0.3) is 0 Å². The van der Waals surface area contributed by atoms with Crippen molar-refractivity contribution in [2.45, 2.75) is 32.6 Å². The predicted molar refractivity (Wildman–Crippen MR) is 143 cm³/mol. The summed E-state index contributed by atoms with van der Waals surface area (Å²) < 4.78 is 27.0. The Labute approximate surface area is 212 Å². The lowest BCUT2D eigenvalue weighted by Gasteiger charge is -2.33. The summed E-state index contributed by atoms with van der Waals surface area (Å²) in [5.74, 6) is -0.192. The highest BCUT2D eigenvalue weighted by molar-refractivity contribution is 6.00. The summed E-state index contributed by atoms with van der Waals surface area (Å²) in [6, 6.07) is 19.8. The Morgan fingerprint density at radius 2 is 1.72 bits per heavy atom. The number of carbonyl (C=O) groups is 1. The molecule has 0 N–H and O–H groups in total. The molecule has 1 saturated heterocycles. The van der Waals surface area contributed by atoms with Crippen LogP contribution in [0, 0.1) is 12.7 Å². The van der Waals surface area contributed by atoms with Crippen molar-refractivity contribution in [3.8, 4) is 0 Å². The van der Waals surface area contributed by atoms with Crippen LogP contribution in [0.5, 0.6) is 0 Å². The fourth-order valence-electron chi connectivity index (χ4n) is 5.46. The summed E-state index contributed by atoms with van der Waals surface area (Å²) in [6.45, 7) is 4.21. The first-order valence-corrected chi connectivity index (χ1v) is 12.7. The second kappa shape index (κ2) is 10.7. The molecule has 0 aromatic heterocycles. The Morgan fingerprint density at radius 3 is 2.47 bits per heavy atom. The van der Waals surface area contributed by atoms with Crippen LogP contribution in [0.1, 0.15) is 63.0 Å². The van der Waals surface area contributed by atoms with Gasteiger partial charge < -0.3 is 0 Å². The second-order valence-corrected chi connectivity index (χ2v) is 9.83. The van der Waals surface area contributed by atoms with E-state index in [1.54, 1.807) is 6.07 Å². The van der Waals surface area contributed by atoms with Crippen LogP contribution in [0.2, 0.25) is 0 Å². The van der Waals surface area contributed by atoms with Gasteiger partial charge in [-0.2, -0.15) is 0 Å². The summed E-state index contributed by atoms with van der Waals surface area (Å²) in [4.78, 5) is 13.7. The van der Waals surface area contributed by atoms with Crippen molar-refractivity contribution in [3.05, 3.63) is 111 Å². The molecule has 0 amide bonds. The number of allylic oxidation sites excluding steroid dienone is 1. The molecule has 5 rings (SSSR count). The van der Waals surface area contributed by atoms with Crippen molar-refractivity contribution in [2.24, 2.45) is 0 Å². The second-order valence-electron chi connectivity index (χ2n) is 9.83. The summed E-state index contributed by atoms with van der Waals surface area (Å²) in [5, 5.41) is 0. The van der Waals surface area contributed by atoms with Crippen LogP contribution in [0.15, 0.2) is 66.2 Å². The highest BCUT2D eigenvalue weighted by atomic mass is 19.1. The minimum absolute atomic E-state index is 0.192. The Morgan fingerprint density at radius 1 is 0.944 bits per heavy atom. The average Bonchev–Trinajstić information content (AvgIpc) is 3.06. The van der Waals surface area contributed by atoms with Crippen molar-refractivity contribution >= 4 is 23.5 Å². The molecule has 0 bridgehead atoms. The number of halogens is 2. The highest BCUT2D eigenvalue weighted by Gasteiger charge is 2.23. The quantitative estimate of drug-likeness (QED) is 0.329. The fourth-order valence-corrected chi connectivity index (χ4v) is 5.46. The molecule has 1 heterocycles. The van der Waals surface area contributed by atoms with Gasteiger partial charge >= 0.3 is 0 Å². The molecule has 1 aliphatic heterocycles. The van der Waals surface area contributed by atoms with E-state index in [0.29, 0.717) is 17.5 Å². The molecule has 36 heavy (non-hydrogen) atoms. The van der Waals surface area contributed by atoms with Crippen molar-refractivity contribution in [1.82, 2.24) is 4.90 Å². The van der Waals surface area contributed by atoms with Gasteiger partial charge in [-0.15, -0.1) is 0 Å². The molecule has 0 unspecified atom stereocenters. The zero-order valence-electron chi connectivity index (χ0n) is 20.7. The molecule has 1 fully saturated rings. The number of alkyl halides is 1. The summed E-state index contributed by atoms with van der Waals surface area (Å²) in [5.41, 5.74) is 10.4. The number of benzene rings is 3. The zero-order chi connectivity index (χ0) is 25.1. The Kier molecular flexibility index (Phi) is 7.24. The smallest absolute Gasteiger partial charge is 0.150 e. The molecule has 0 radical (unpaired) electrons. The number of nitrogens with zero attached hydrogens (tertiary/aromatic N) is 1. The van der Waals surface area contributed by atoms with Gasteiger partial charge in [0.1, 0.15) is 12.1 Å². The van der Waals surface area contributed by atoms with Crippen LogP contribution in [-0.2, 0) is 6.42 Å². The average molecular weight is 484 g/mol. The first-order valence-electron chi connectivity index (χ1n) is 12.7. The number of rotatable bonds is 7. The fraction of sp³-hybridized carbons (Fsp3) is 0.281. The van der Waals surface area contributed by atoms with Gasteiger partial charge in [0.05, 0.1) is 6.67 Å². The lowest BCUT2D eigenvalue weighted by molar-refractivity contribution is 0.112. The normalized spacial score (nSPS) is 15.8. The maximum absolute atomic E-state index is 14.6. The summed E-state index contributed by atoms with van der Waals surface area (Å²) in [7, 11) is 0. The van der Waals surface area contributed by atoms with E-state index < -0.39 is 0 Å². The van der Waals surface area contributed by atoms with E-state index in [1.165, 1.54) is 11.6 Å². The van der Waals surface area contributed by atoms with Gasteiger partial charge in [-0.1, -0.05) is 54.6 Å². The van der Waals surface area contributed by atoms with Gasteiger partial charge in [-0.25, -0.2) is 4.39 Å². The van der Waals surface area contributed by atoms with Gasteiger partial charge in [0.2, 0.25) is 0 Å². The minimum Gasteiger partial charge on any atom is -0.298 e. The monoisotopic (exact) mass is 483 g/mol. The maximum Gasteiger partial charge on any atom is 0.150 e. The molecule has 2 nitrogen and oxygen atoms in total. The predicted octanol–water partition coefficient (Wildman–Crippen LogP) is 7.30. The Hall–Kier alpha value is -3.37. The van der Waals surface area contributed by atoms with Crippen LogP contribution in [0.4, 0.5) is 8.78 Å². The number of likely N-dealkylation sites (tertiary alicyclic amines) is 1. The van der Waals surface area contributed by atoms with Crippen molar-refractivity contribution < 1.29 is 13.6 Å². The van der Waals surface area contributed by atoms with E-state index in [2.05, 4.69) is 35.2 Å². The Bertz CT molecular complexity index is 1330. The van der Waals surface area contributed by atoms with Crippen LogP contribution in [0.25, 0.3) is 17.2 Å². The molecule has 0 atom stereocenters. The SMILES string of the molecule is Cc1c(F)cccc1C1=C(c2ccc(C=C3CN(CCCF)C3)cc2)c2ccc(C=O)cc2CCC1. The molecule has 3 aromatic carbocycles. The Balaban J connectivity index is 1.55. The molecular formula is C32H31F2NO. The molecule has 0 saturated carbocycles. The number of aryl methyl sites for hydroxylation is 1. The van der Waals surface area contributed by atoms with Crippen molar-refractivity contribution in [1.29, 1.82) is 0 Å². The van der Waals surface area contributed by atoms with E-state index in [4.69, 9.17) is 0 Å². The van der Waals surface area contributed by atoms with Gasteiger partial charge in [-0.05, 0) is 94.8 Å². The number of carbonyl (C=O) groups excluding carboxylic acids is 1. The molecule has 0 spiro atoms. The van der Waals surface area contributed by atoms with Gasteiger partial charge in [0.15, 0.2) is 0 Å². The highest BCUT2D eigenvalue weighted by Crippen LogP contribution is 2.41. The number of hydrogen-bond acceptors (Lipinski definition) is 2. The molecule has 4 heteroatoms. The van der Waals surface area contributed by atoms with Gasteiger partial charge in [0, 0.05) is 25.2 Å². The van der Waals surface area contributed by atoms with Crippen LogP contribution < -0.4 is 0 Å². The summed E-state index contributed by atoms with van der Waals surface area (Å²) >= 11 is 0. The van der Waals surface area contributed by atoms with E-state index in [0.717, 1.165) is 84.1 Å². The topological polar surface area (TPSA) is 20.3 Å². The molecule has 3 aromatic rings. The third kappa shape index (κ3) is 4.96. The third-order valence-corrected chi connectivity index (χ3v) is 7.33. The molecule has 1 aliphatic carbocycles. The lowest BCUT2D eigenvalue weighted by atomic mass is 9.85. The van der Waals surface area contributed by atoms with E-state index in [-0.39, 0.29) is 12.5 Å². The van der Waals surface area contributed by atoms with Crippen molar-refractivity contribution in [2.75, 3.05) is 26.3 Å². The van der Waals surface area contributed by atoms with Crippen molar-refractivity contribution in [3.63, 3.8) is 0 Å². The first-order chi connectivity index (χ1) is 17.6. The molecule has 2 aliphatic rings. The van der Waals surface area contributed by atoms with Crippen LogP contribution in [0.3, 0.4) is 0 Å². The standard InChI is InChI=1S/C32H31F2NO/c1-22-28(6-3-8-31(22)34)30-7-2-5-27-18-24(21-36)11-14-29(27)32(30)26-12-9-23(10-13-26)17-25-19-35(20-25)16-4-15-33/h3,6,8-14,17-18,21H,2,4-5,7,15-16,19-20H2,1H3. The summed E-state index contributed by atoms with van der Waals surface area (Å²) in [6.07, 6.45) is 6.37. The molecular weight excluding hydrogens is 452 g/mol.